The average molecular weight is 339 g/mol. The average Bonchev–Trinajstić information content (AvgIpc) is 3.11. The summed E-state index contributed by atoms with van der Waals surface area (Å²) in [6.07, 6.45) is 13.2. The van der Waals surface area contributed by atoms with Crippen molar-refractivity contribution in [2.45, 2.75) is 25.3 Å². The molecule has 3 aromatic rings. The number of halogens is 1. The molecule has 1 aliphatic carbocycles. The standard InChI is InChI=1S/C18H15BrN2/c1-2-12-8-9-21(11-12)17-5-3-4-14-15-10-13(19)6-7-16(15)20-18(14)17/h1,6-11,17,20H,3-5H2. The quantitative estimate of drug-likeness (QED) is 0.624. The lowest BCUT2D eigenvalue weighted by Crippen LogP contribution is -2.15. The number of aromatic nitrogens is 2. The minimum atomic E-state index is 0.363. The first-order valence-electron chi connectivity index (χ1n) is 7.20. The van der Waals surface area contributed by atoms with Crippen LogP contribution in [0.25, 0.3) is 10.9 Å². The molecule has 0 aliphatic heterocycles. The minimum absolute atomic E-state index is 0.363. The van der Waals surface area contributed by atoms with Crippen LogP contribution >= 0.6 is 15.9 Å². The highest BCUT2D eigenvalue weighted by molar-refractivity contribution is 9.10. The van der Waals surface area contributed by atoms with E-state index in [0.717, 1.165) is 22.9 Å². The summed E-state index contributed by atoms with van der Waals surface area (Å²) in [5, 5.41) is 1.34. The number of rotatable bonds is 1. The molecule has 0 saturated heterocycles. The molecule has 0 saturated carbocycles. The number of nitrogens with zero attached hydrogens (tertiary/aromatic N) is 1. The molecule has 0 amide bonds. The zero-order valence-electron chi connectivity index (χ0n) is 11.6. The van der Waals surface area contributed by atoms with E-state index in [2.05, 4.69) is 62.0 Å². The van der Waals surface area contributed by atoms with Gasteiger partial charge in [-0.15, -0.1) is 6.42 Å². The maximum absolute atomic E-state index is 5.49. The number of H-pyrrole nitrogens is 1. The van der Waals surface area contributed by atoms with E-state index >= 15 is 0 Å². The van der Waals surface area contributed by atoms with Gasteiger partial charge in [0.2, 0.25) is 0 Å². The van der Waals surface area contributed by atoms with Gasteiger partial charge in [0.15, 0.2) is 0 Å². The molecule has 2 nitrogen and oxygen atoms in total. The molecule has 0 spiro atoms. The molecule has 0 bridgehead atoms. The van der Waals surface area contributed by atoms with Crippen LogP contribution in [0.5, 0.6) is 0 Å². The second-order valence-electron chi connectivity index (χ2n) is 5.61. The second kappa shape index (κ2) is 4.82. The first kappa shape index (κ1) is 12.8. The number of hydrogen-bond acceptors (Lipinski definition) is 0. The van der Waals surface area contributed by atoms with E-state index in [-0.39, 0.29) is 0 Å². The third-order valence-electron chi connectivity index (χ3n) is 4.38. The Bertz CT molecular complexity index is 863. The Labute approximate surface area is 132 Å². The Morgan fingerprint density at radius 1 is 1.33 bits per heavy atom. The number of terminal acetylenes is 1. The molecule has 1 aromatic carbocycles. The molecule has 1 atom stereocenters. The topological polar surface area (TPSA) is 20.7 Å². The van der Waals surface area contributed by atoms with Crippen LogP contribution < -0.4 is 0 Å². The Balaban J connectivity index is 1.88. The molecular weight excluding hydrogens is 324 g/mol. The van der Waals surface area contributed by atoms with E-state index in [1.165, 1.54) is 28.6 Å². The number of nitrogens with one attached hydrogen (secondary N) is 1. The van der Waals surface area contributed by atoms with Gasteiger partial charge in [-0.1, -0.05) is 21.9 Å². The monoisotopic (exact) mass is 338 g/mol. The van der Waals surface area contributed by atoms with Crippen LogP contribution in [0, 0.1) is 12.3 Å². The fraction of sp³-hybridized carbons (Fsp3) is 0.222. The highest BCUT2D eigenvalue weighted by Gasteiger charge is 2.25. The highest BCUT2D eigenvalue weighted by atomic mass is 79.9. The molecule has 2 heterocycles. The van der Waals surface area contributed by atoms with E-state index in [1.807, 2.05) is 6.07 Å². The van der Waals surface area contributed by atoms with Gasteiger partial charge in [-0.25, -0.2) is 0 Å². The molecule has 0 fully saturated rings. The van der Waals surface area contributed by atoms with E-state index in [0.29, 0.717) is 6.04 Å². The summed E-state index contributed by atoms with van der Waals surface area (Å²) in [4.78, 5) is 3.63. The van der Waals surface area contributed by atoms with Gasteiger partial charge in [0.05, 0.1) is 6.04 Å². The Hall–Kier alpha value is -1.92. The van der Waals surface area contributed by atoms with Gasteiger partial charge < -0.3 is 9.55 Å². The molecule has 3 heteroatoms. The van der Waals surface area contributed by atoms with Crippen molar-refractivity contribution in [2.24, 2.45) is 0 Å². The van der Waals surface area contributed by atoms with E-state index in [1.54, 1.807) is 0 Å². The van der Waals surface area contributed by atoms with Crippen molar-refractivity contribution in [1.29, 1.82) is 0 Å². The fourth-order valence-corrected chi connectivity index (χ4v) is 3.76. The Morgan fingerprint density at radius 2 is 2.24 bits per heavy atom. The fourth-order valence-electron chi connectivity index (χ4n) is 3.40. The number of hydrogen-bond donors (Lipinski definition) is 1. The third kappa shape index (κ3) is 2.02. The molecule has 2 aromatic heterocycles. The molecular formula is C18H15BrN2. The summed E-state index contributed by atoms with van der Waals surface area (Å²) in [7, 11) is 0. The van der Waals surface area contributed by atoms with Crippen molar-refractivity contribution >= 4 is 26.8 Å². The lowest BCUT2D eigenvalue weighted by molar-refractivity contribution is 0.484. The van der Waals surface area contributed by atoms with Crippen LogP contribution in [-0.4, -0.2) is 9.55 Å². The Kier molecular flexibility index (Phi) is 2.94. The summed E-state index contributed by atoms with van der Waals surface area (Å²) < 4.78 is 3.38. The first-order chi connectivity index (χ1) is 10.3. The van der Waals surface area contributed by atoms with Crippen LogP contribution in [0.15, 0.2) is 41.1 Å². The number of aryl methyl sites for hydroxylation is 1. The summed E-state index contributed by atoms with van der Waals surface area (Å²) in [5.74, 6) is 2.71. The van der Waals surface area contributed by atoms with Gasteiger partial charge in [0, 0.05) is 39.0 Å². The molecule has 1 unspecified atom stereocenters. The summed E-state index contributed by atoms with van der Waals surface area (Å²) in [6, 6.07) is 8.83. The lowest BCUT2D eigenvalue weighted by atomic mass is 9.91. The molecule has 104 valence electrons. The minimum Gasteiger partial charge on any atom is -0.356 e. The third-order valence-corrected chi connectivity index (χ3v) is 4.87. The lowest BCUT2D eigenvalue weighted by Gasteiger charge is -2.24. The maximum atomic E-state index is 5.49. The van der Waals surface area contributed by atoms with E-state index in [9.17, 15) is 0 Å². The van der Waals surface area contributed by atoms with Crippen LogP contribution in [0.1, 0.15) is 35.7 Å². The van der Waals surface area contributed by atoms with Gasteiger partial charge in [-0.3, -0.25) is 0 Å². The van der Waals surface area contributed by atoms with Gasteiger partial charge >= 0.3 is 0 Å². The number of aromatic amines is 1. The predicted octanol–water partition coefficient (Wildman–Crippen LogP) is 4.64. The second-order valence-corrected chi connectivity index (χ2v) is 6.52. The zero-order valence-corrected chi connectivity index (χ0v) is 13.2. The van der Waals surface area contributed by atoms with Gasteiger partial charge in [-0.05, 0) is 49.1 Å². The van der Waals surface area contributed by atoms with Crippen molar-refractivity contribution in [1.82, 2.24) is 9.55 Å². The van der Waals surface area contributed by atoms with Crippen molar-refractivity contribution in [3.63, 3.8) is 0 Å². The van der Waals surface area contributed by atoms with Crippen LogP contribution in [0.4, 0.5) is 0 Å². The molecule has 21 heavy (non-hydrogen) atoms. The number of benzene rings is 1. The largest absolute Gasteiger partial charge is 0.356 e. The predicted molar refractivity (Wildman–Crippen MR) is 89.4 cm³/mol. The summed E-state index contributed by atoms with van der Waals surface area (Å²) in [6.45, 7) is 0. The molecule has 1 aliphatic rings. The smallest absolute Gasteiger partial charge is 0.0732 e. The van der Waals surface area contributed by atoms with Crippen molar-refractivity contribution < 1.29 is 0 Å². The van der Waals surface area contributed by atoms with Crippen molar-refractivity contribution in [2.75, 3.05) is 0 Å². The maximum Gasteiger partial charge on any atom is 0.0732 e. The Morgan fingerprint density at radius 3 is 3.05 bits per heavy atom. The van der Waals surface area contributed by atoms with Crippen LogP contribution in [0.3, 0.4) is 0 Å². The zero-order chi connectivity index (χ0) is 14.4. The van der Waals surface area contributed by atoms with Gasteiger partial charge in [0.1, 0.15) is 0 Å². The molecule has 1 N–H and O–H groups in total. The van der Waals surface area contributed by atoms with Crippen molar-refractivity contribution in [3.8, 4) is 12.3 Å². The number of fused-ring (bicyclic) bond motifs is 3. The van der Waals surface area contributed by atoms with E-state index in [4.69, 9.17) is 6.42 Å². The summed E-state index contributed by atoms with van der Waals surface area (Å²) >= 11 is 3.58. The summed E-state index contributed by atoms with van der Waals surface area (Å²) in [5.41, 5.74) is 4.97. The van der Waals surface area contributed by atoms with Gasteiger partial charge in [-0.2, -0.15) is 0 Å². The van der Waals surface area contributed by atoms with E-state index < -0.39 is 0 Å². The molecule has 0 radical (unpaired) electrons. The first-order valence-corrected chi connectivity index (χ1v) is 7.99. The molecule has 4 rings (SSSR count). The normalized spacial score (nSPS) is 17.6. The van der Waals surface area contributed by atoms with Gasteiger partial charge in [0.25, 0.3) is 0 Å². The highest BCUT2D eigenvalue weighted by Crippen LogP contribution is 2.37. The van der Waals surface area contributed by atoms with Crippen LogP contribution in [-0.2, 0) is 6.42 Å². The van der Waals surface area contributed by atoms with Crippen molar-refractivity contribution in [3.05, 3.63) is 58.0 Å². The van der Waals surface area contributed by atoms with Crippen LogP contribution in [0.2, 0.25) is 0 Å². The SMILES string of the molecule is C#Cc1ccn(C2CCCc3c2[nH]c2ccc(Br)cc32)c1.